The molecule has 0 aliphatic heterocycles. The summed E-state index contributed by atoms with van der Waals surface area (Å²) in [7, 11) is 4.11. The topological polar surface area (TPSA) is 30.3 Å². The highest BCUT2D eigenvalue weighted by atomic mass is 16.5. The van der Waals surface area contributed by atoms with Crippen LogP contribution < -0.4 is 4.74 Å². The van der Waals surface area contributed by atoms with E-state index in [9.17, 15) is 0 Å². The fourth-order valence-electron chi connectivity index (χ4n) is 2.84. The number of hydrogen-bond acceptors (Lipinski definition) is 3. The van der Waals surface area contributed by atoms with E-state index in [4.69, 9.17) is 4.74 Å². The minimum atomic E-state index is 0.581. The van der Waals surface area contributed by atoms with Crippen molar-refractivity contribution in [2.45, 2.75) is 27.0 Å². The standard InChI is InChI=1S/C21H25N3O/c1-16-12-19(24-15-22-20(17(24)2)13-23(3)4)10-11-21(16)25-14-18-8-6-5-7-9-18/h5-12,15H,13-14H2,1-4H3. The normalized spacial score (nSPS) is 11.1. The Bertz CT molecular complexity index is 838. The molecule has 0 N–H and O–H groups in total. The van der Waals surface area contributed by atoms with Gasteiger partial charge in [0.1, 0.15) is 12.4 Å². The van der Waals surface area contributed by atoms with Crippen LogP contribution in [0.2, 0.25) is 0 Å². The molecule has 2 aromatic carbocycles. The van der Waals surface area contributed by atoms with E-state index in [1.165, 1.54) is 11.3 Å². The lowest BCUT2D eigenvalue weighted by Crippen LogP contribution is -2.12. The molecule has 0 aliphatic rings. The van der Waals surface area contributed by atoms with E-state index in [1.54, 1.807) is 0 Å². The van der Waals surface area contributed by atoms with E-state index in [2.05, 4.69) is 66.7 Å². The van der Waals surface area contributed by atoms with Gasteiger partial charge in [-0.25, -0.2) is 4.98 Å². The third kappa shape index (κ3) is 4.09. The van der Waals surface area contributed by atoms with Gasteiger partial charge < -0.3 is 14.2 Å². The highest BCUT2D eigenvalue weighted by molar-refractivity contribution is 5.45. The number of aromatic nitrogens is 2. The minimum Gasteiger partial charge on any atom is -0.489 e. The van der Waals surface area contributed by atoms with E-state index in [0.717, 1.165) is 29.2 Å². The van der Waals surface area contributed by atoms with Crippen LogP contribution >= 0.6 is 0 Å². The lowest BCUT2D eigenvalue weighted by molar-refractivity contribution is 0.304. The Kier molecular flexibility index (Phi) is 5.19. The molecule has 4 heteroatoms. The molecular weight excluding hydrogens is 310 g/mol. The van der Waals surface area contributed by atoms with Crippen molar-refractivity contribution < 1.29 is 4.74 Å². The molecule has 0 atom stereocenters. The molecule has 0 saturated heterocycles. The van der Waals surface area contributed by atoms with Crippen molar-refractivity contribution >= 4 is 0 Å². The van der Waals surface area contributed by atoms with E-state index >= 15 is 0 Å². The number of benzene rings is 2. The third-order valence-corrected chi connectivity index (χ3v) is 4.25. The van der Waals surface area contributed by atoms with Crippen LogP contribution in [0.3, 0.4) is 0 Å². The summed E-state index contributed by atoms with van der Waals surface area (Å²) in [4.78, 5) is 6.68. The van der Waals surface area contributed by atoms with Crippen LogP contribution in [0.4, 0.5) is 0 Å². The zero-order chi connectivity index (χ0) is 17.8. The lowest BCUT2D eigenvalue weighted by atomic mass is 10.2. The van der Waals surface area contributed by atoms with Crippen molar-refractivity contribution in [1.82, 2.24) is 14.5 Å². The van der Waals surface area contributed by atoms with Crippen LogP contribution in [0.1, 0.15) is 22.5 Å². The molecule has 0 fully saturated rings. The molecule has 130 valence electrons. The molecule has 0 saturated carbocycles. The van der Waals surface area contributed by atoms with Gasteiger partial charge in [-0.15, -0.1) is 0 Å². The first-order valence-electron chi connectivity index (χ1n) is 8.50. The SMILES string of the molecule is Cc1cc(-n2cnc(CN(C)C)c2C)ccc1OCc1ccccc1. The lowest BCUT2D eigenvalue weighted by Gasteiger charge is -2.13. The molecule has 0 unspecified atom stereocenters. The summed E-state index contributed by atoms with van der Waals surface area (Å²) >= 11 is 0. The number of hydrogen-bond donors (Lipinski definition) is 0. The van der Waals surface area contributed by atoms with Gasteiger partial charge in [-0.2, -0.15) is 0 Å². The summed E-state index contributed by atoms with van der Waals surface area (Å²) in [5, 5.41) is 0. The maximum atomic E-state index is 5.97. The van der Waals surface area contributed by atoms with Crippen molar-refractivity contribution in [2.24, 2.45) is 0 Å². The van der Waals surface area contributed by atoms with Gasteiger partial charge in [0.2, 0.25) is 0 Å². The summed E-state index contributed by atoms with van der Waals surface area (Å²) in [5.41, 5.74) is 5.68. The Morgan fingerprint density at radius 2 is 1.80 bits per heavy atom. The average molecular weight is 335 g/mol. The molecule has 25 heavy (non-hydrogen) atoms. The number of rotatable bonds is 6. The average Bonchev–Trinajstić information content (AvgIpc) is 2.95. The number of imidazole rings is 1. The number of ether oxygens (including phenoxy) is 1. The molecule has 3 rings (SSSR count). The van der Waals surface area contributed by atoms with Crippen molar-refractivity contribution in [3.05, 3.63) is 77.4 Å². The van der Waals surface area contributed by atoms with E-state index < -0.39 is 0 Å². The Balaban J connectivity index is 1.77. The fraction of sp³-hybridized carbons (Fsp3) is 0.286. The first kappa shape index (κ1) is 17.2. The van der Waals surface area contributed by atoms with Gasteiger partial charge in [-0.3, -0.25) is 0 Å². The summed E-state index contributed by atoms with van der Waals surface area (Å²) in [6.45, 7) is 5.62. The Morgan fingerprint density at radius 1 is 1.04 bits per heavy atom. The molecule has 0 aliphatic carbocycles. The van der Waals surface area contributed by atoms with Gasteiger partial charge in [-0.1, -0.05) is 30.3 Å². The molecule has 1 heterocycles. The summed E-state index contributed by atoms with van der Waals surface area (Å²) in [5.74, 6) is 0.916. The smallest absolute Gasteiger partial charge is 0.122 e. The van der Waals surface area contributed by atoms with E-state index in [1.807, 2.05) is 30.6 Å². The van der Waals surface area contributed by atoms with Crippen LogP contribution in [-0.2, 0) is 13.2 Å². The van der Waals surface area contributed by atoms with Crippen LogP contribution in [0.5, 0.6) is 5.75 Å². The highest BCUT2D eigenvalue weighted by Crippen LogP contribution is 2.24. The predicted molar refractivity (Wildman–Crippen MR) is 101 cm³/mol. The molecular formula is C21H25N3O. The van der Waals surface area contributed by atoms with Crippen molar-refractivity contribution in [3.8, 4) is 11.4 Å². The maximum absolute atomic E-state index is 5.97. The number of nitrogens with zero attached hydrogens (tertiary/aromatic N) is 3. The van der Waals surface area contributed by atoms with Gasteiger partial charge in [0.15, 0.2) is 0 Å². The second kappa shape index (κ2) is 7.53. The van der Waals surface area contributed by atoms with Gasteiger partial charge in [0.05, 0.1) is 12.0 Å². The Morgan fingerprint density at radius 3 is 2.48 bits per heavy atom. The van der Waals surface area contributed by atoms with Gasteiger partial charge in [-0.05, 0) is 57.3 Å². The molecule has 0 spiro atoms. The first-order valence-corrected chi connectivity index (χ1v) is 8.50. The fourth-order valence-corrected chi connectivity index (χ4v) is 2.84. The summed E-state index contributed by atoms with van der Waals surface area (Å²) in [6, 6.07) is 16.5. The van der Waals surface area contributed by atoms with Gasteiger partial charge in [0, 0.05) is 17.9 Å². The molecule has 0 amide bonds. The summed E-state index contributed by atoms with van der Waals surface area (Å²) < 4.78 is 8.10. The van der Waals surface area contributed by atoms with Gasteiger partial charge in [0.25, 0.3) is 0 Å². The van der Waals surface area contributed by atoms with Crippen LogP contribution in [0, 0.1) is 13.8 Å². The molecule has 4 nitrogen and oxygen atoms in total. The van der Waals surface area contributed by atoms with E-state index in [0.29, 0.717) is 6.61 Å². The minimum absolute atomic E-state index is 0.581. The summed E-state index contributed by atoms with van der Waals surface area (Å²) in [6.07, 6.45) is 1.90. The van der Waals surface area contributed by atoms with Crippen molar-refractivity contribution in [2.75, 3.05) is 14.1 Å². The van der Waals surface area contributed by atoms with Gasteiger partial charge >= 0.3 is 0 Å². The van der Waals surface area contributed by atoms with E-state index in [-0.39, 0.29) is 0 Å². The second-order valence-electron chi connectivity index (χ2n) is 6.61. The molecule has 0 bridgehead atoms. The Labute approximate surface area is 149 Å². The number of aryl methyl sites for hydroxylation is 1. The monoisotopic (exact) mass is 335 g/mol. The third-order valence-electron chi connectivity index (χ3n) is 4.25. The Hall–Kier alpha value is -2.59. The largest absolute Gasteiger partial charge is 0.489 e. The van der Waals surface area contributed by atoms with Crippen molar-refractivity contribution in [3.63, 3.8) is 0 Å². The zero-order valence-electron chi connectivity index (χ0n) is 15.4. The zero-order valence-corrected chi connectivity index (χ0v) is 15.4. The molecule has 1 aromatic heterocycles. The second-order valence-corrected chi connectivity index (χ2v) is 6.61. The molecule has 3 aromatic rings. The predicted octanol–water partition coefficient (Wildman–Crippen LogP) is 4.13. The maximum Gasteiger partial charge on any atom is 0.122 e. The van der Waals surface area contributed by atoms with Crippen LogP contribution in [-0.4, -0.2) is 28.5 Å². The highest BCUT2D eigenvalue weighted by Gasteiger charge is 2.10. The van der Waals surface area contributed by atoms with Crippen molar-refractivity contribution in [1.29, 1.82) is 0 Å². The molecule has 0 radical (unpaired) electrons. The first-order chi connectivity index (χ1) is 12.0. The van der Waals surface area contributed by atoms with Crippen LogP contribution in [0.25, 0.3) is 5.69 Å². The van der Waals surface area contributed by atoms with Crippen LogP contribution in [0.15, 0.2) is 54.9 Å². The quantitative estimate of drug-likeness (QED) is 0.678.